The number of rotatable bonds is 4. The first kappa shape index (κ1) is 13.5. The summed E-state index contributed by atoms with van der Waals surface area (Å²) < 4.78 is 0. The summed E-state index contributed by atoms with van der Waals surface area (Å²) in [5.74, 6) is -0.425. The largest absolute Gasteiger partial charge is 0.284 e. The Morgan fingerprint density at radius 3 is 1.95 bits per heavy atom. The zero-order chi connectivity index (χ0) is 14.8. The quantitative estimate of drug-likeness (QED) is 0.807. The Hall–Kier alpha value is -2.46. The Bertz CT molecular complexity index is 647. The number of hydrogen-bond donors (Lipinski definition) is 0. The van der Waals surface area contributed by atoms with Crippen LogP contribution in [0.5, 0.6) is 0 Å². The predicted octanol–water partition coefficient (Wildman–Crippen LogP) is 2.37. The maximum Gasteiger partial charge on any atom is 0.262 e. The molecule has 1 aliphatic rings. The molecule has 1 aliphatic heterocycles. The van der Waals surface area contributed by atoms with Gasteiger partial charge in [-0.25, -0.2) is 0 Å². The molecule has 21 heavy (non-hydrogen) atoms. The highest BCUT2D eigenvalue weighted by molar-refractivity contribution is 6.21. The van der Waals surface area contributed by atoms with Crippen LogP contribution < -0.4 is 0 Å². The van der Waals surface area contributed by atoms with Crippen molar-refractivity contribution >= 4 is 11.8 Å². The van der Waals surface area contributed by atoms with Gasteiger partial charge in [0.15, 0.2) is 0 Å². The molecule has 0 N–H and O–H groups in total. The van der Waals surface area contributed by atoms with E-state index >= 15 is 0 Å². The molecule has 4 nitrogen and oxygen atoms in total. The third-order valence-corrected chi connectivity index (χ3v) is 3.56. The summed E-state index contributed by atoms with van der Waals surface area (Å²) in [6, 6.07) is 16.9. The molecule has 106 valence electrons. The van der Waals surface area contributed by atoms with Crippen molar-refractivity contribution in [1.82, 2.24) is 9.80 Å². The molecule has 0 saturated carbocycles. The minimum Gasteiger partial charge on any atom is -0.284 e. The monoisotopic (exact) mass is 280 g/mol. The summed E-state index contributed by atoms with van der Waals surface area (Å²) in [5, 5.41) is 0. The number of amides is 2. The molecule has 3 rings (SSSR count). The lowest BCUT2D eigenvalue weighted by atomic mass is 10.1. The molecule has 2 aromatic carbocycles. The smallest absolute Gasteiger partial charge is 0.262 e. The highest BCUT2D eigenvalue weighted by atomic mass is 16.2. The van der Waals surface area contributed by atoms with Gasteiger partial charge in [-0.15, -0.1) is 0 Å². The molecule has 0 spiro atoms. The van der Waals surface area contributed by atoms with Crippen molar-refractivity contribution in [2.45, 2.75) is 6.54 Å². The molecule has 4 heteroatoms. The van der Waals surface area contributed by atoms with E-state index in [9.17, 15) is 9.59 Å². The number of benzene rings is 2. The van der Waals surface area contributed by atoms with Crippen molar-refractivity contribution in [3.63, 3.8) is 0 Å². The SMILES string of the molecule is CN(Cc1ccccc1)CN1C(=O)c2ccccc2C1=O. The van der Waals surface area contributed by atoms with E-state index < -0.39 is 0 Å². The first-order chi connectivity index (χ1) is 10.2. The lowest BCUT2D eigenvalue weighted by Gasteiger charge is -2.22. The first-order valence-electron chi connectivity index (χ1n) is 6.84. The third-order valence-electron chi connectivity index (χ3n) is 3.56. The van der Waals surface area contributed by atoms with Crippen molar-refractivity contribution < 1.29 is 9.59 Å². The molecular formula is C17H16N2O2. The summed E-state index contributed by atoms with van der Waals surface area (Å²) in [6.45, 7) is 0.982. The third kappa shape index (κ3) is 2.58. The average Bonchev–Trinajstić information content (AvgIpc) is 2.74. The molecule has 0 bridgehead atoms. The van der Waals surface area contributed by atoms with Crippen molar-refractivity contribution in [3.05, 3.63) is 71.3 Å². The van der Waals surface area contributed by atoms with Crippen molar-refractivity contribution in [1.29, 1.82) is 0 Å². The van der Waals surface area contributed by atoms with Crippen LogP contribution in [0.2, 0.25) is 0 Å². The normalized spacial score (nSPS) is 13.9. The van der Waals surface area contributed by atoms with Crippen LogP contribution in [-0.4, -0.2) is 35.3 Å². The van der Waals surface area contributed by atoms with E-state index in [1.807, 2.05) is 42.3 Å². The molecule has 0 atom stereocenters. The van der Waals surface area contributed by atoms with Crippen LogP contribution in [0.4, 0.5) is 0 Å². The van der Waals surface area contributed by atoms with Gasteiger partial charge in [0.25, 0.3) is 11.8 Å². The molecule has 0 fully saturated rings. The maximum absolute atomic E-state index is 12.3. The van der Waals surface area contributed by atoms with Crippen molar-refractivity contribution in [2.24, 2.45) is 0 Å². The van der Waals surface area contributed by atoms with Crippen LogP contribution in [0.1, 0.15) is 26.3 Å². The van der Waals surface area contributed by atoms with E-state index in [-0.39, 0.29) is 11.8 Å². The molecule has 0 saturated heterocycles. The van der Waals surface area contributed by atoms with Crippen LogP contribution in [0.25, 0.3) is 0 Å². The lowest BCUT2D eigenvalue weighted by molar-refractivity contribution is 0.0559. The van der Waals surface area contributed by atoms with E-state index in [0.29, 0.717) is 24.3 Å². The Balaban J connectivity index is 1.72. The van der Waals surface area contributed by atoms with Crippen LogP contribution in [0.3, 0.4) is 0 Å². The van der Waals surface area contributed by atoms with Gasteiger partial charge in [-0.3, -0.25) is 19.4 Å². The second-order valence-corrected chi connectivity index (χ2v) is 5.23. The molecule has 2 aromatic rings. The van der Waals surface area contributed by atoms with E-state index in [4.69, 9.17) is 0 Å². The van der Waals surface area contributed by atoms with Crippen LogP contribution in [-0.2, 0) is 6.54 Å². The zero-order valence-corrected chi connectivity index (χ0v) is 11.8. The van der Waals surface area contributed by atoms with Gasteiger partial charge < -0.3 is 0 Å². The Morgan fingerprint density at radius 2 is 1.38 bits per heavy atom. The fourth-order valence-corrected chi connectivity index (χ4v) is 2.55. The Labute approximate surface area is 123 Å². The van der Waals surface area contributed by atoms with Gasteiger partial charge in [0.05, 0.1) is 17.8 Å². The average molecular weight is 280 g/mol. The van der Waals surface area contributed by atoms with Crippen molar-refractivity contribution in [2.75, 3.05) is 13.7 Å². The van der Waals surface area contributed by atoms with Gasteiger partial charge in [0.2, 0.25) is 0 Å². The van der Waals surface area contributed by atoms with E-state index in [0.717, 1.165) is 5.56 Å². The second kappa shape index (κ2) is 5.50. The summed E-state index contributed by atoms with van der Waals surface area (Å²) in [6.07, 6.45) is 0. The summed E-state index contributed by atoms with van der Waals surface area (Å²) in [4.78, 5) is 27.8. The Kier molecular flexibility index (Phi) is 3.54. The van der Waals surface area contributed by atoms with Gasteiger partial charge in [0, 0.05) is 6.54 Å². The first-order valence-corrected chi connectivity index (χ1v) is 6.84. The fraction of sp³-hybridized carbons (Fsp3) is 0.176. The number of fused-ring (bicyclic) bond motifs is 1. The molecule has 1 heterocycles. The molecular weight excluding hydrogens is 264 g/mol. The maximum atomic E-state index is 12.3. The molecule has 0 unspecified atom stereocenters. The van der Waals surface area contributed by atoms with Gasteiger partial charge in [-0.2, -0.15) is 0 Å². The summed E-state index contributed by atoms with van der Waals surface area (Å²) >= 11 is 0. The highest BCUT2D eigenvalue weighted by Crippen LogP contribution is 2.22. The van der Waals surface area contributed by atoms with Crippen LogP contribution in [0, 0.1) is 0 Å². The molecule has 0 aliphatic carbocycles. The standard InChI is InChI=1S/C17H16N2O2/c1-18(11-13-7-3-2-4-8-13)12-19-16(20)14-9-5-6-10-15(14)17(19)21/h2-10H,11-12H2,1H3. The predicted molar refractivity (Wildman–Crippen MR) is 79.7 cm³/mol. The Morgan fingerprint density at radius 1 is 0.857 bits per heavy atom. The van der Waals surface area contributed by atoms with E-state index in [2.05, 4.69) is 0 Å². The van der Waals surface area contributed by atoms with Crippen molar-refractivity contribution in [3.8, 4) is 0 Å². The van der Waals surface area contributed by atoms with Gasteiger partial charge in [-0.1, -0.05) is 42.5 Å². The number of carbonyl (C=O) groups is 2. The van der Waals surface area contributed by atoms with E-state index in [1.54, 1.807) is 24.3 Å². The van der Waals surface area contributed by atoms with Gasteiger partial charge in [-0.05, 0) is 24.7 Å². The summed E-state index contributed by atoms with van der Waals surface area (Å²) in [7, 11) is 1.90. The number of imide groups is 1. The molecule has 2 amide bonds. The molecule has 0 radical (unpaired) electrons. The minimum absolute atomic E-state index is 0.212. The number of carbonyl (C=O) groups excluding carboxylic acids is 2. The summed E-state index contributed by atoms with van der Waals surface area (Å²) in [5.41, 5.74) is 2.14. The van der Waals surface area contributed by atoms with Crippen LogP contribution in [0.15, 0.2) is 54.6 Å². The van der Waals surface area contributed by atoms with Gasteiger partial charge >= 0.3 is 0 Å². The fourth-order valence-electron chi connectivity index (χ4n) is 2.55. The van der Waals surface area contributed by atoms with Gasteiger partial charge in [0.1, 0.15) is 0 Å². The highest BCUT2D eigenvalue weighted by Gasteiger charge is 2.35. The number of hydrogen-bond acceptors (Lipinski definition) is 3. The number of nitrogens with zero attached hydrogens (tertiary/aromatic N) is 2. The second-order valence-electron chi connectivity index (χ2n) is 5.23. The lowest BCUT2D eigenvalue weighted by Crippen LogP contribution is -2.39. The van der Waals surface area contributed by atoms with Crippen LogP contribution >= 0.6 is 0 Å². The topological polar surface area (TPSA) is 40.6 Å². The zero-order valence-electron chi connectivity index (χ0n) is 11.8. The molecule has 0 aromatic heterocycles. The minimum atomic E-state index is -0.212. The van der Waals surface area contributed by atoms with E-state index in [1.165, 1.54) is 4.90 Å².